The molecule has 0 aromatic carbocycles. The minimum absolute atomic E-state index is 0.824. The van der Waals surface area contributed by atoms with Crippen LogP contribution >= 0.6 is 0 Å². The van der Waals surface area contributed by atoms with Crippen LogP contribution in [-0.4, -0.2) is 19.9 Å². The van der Waals surface area contributed by atoms with E-state index in [0.29, 0.717) is 0 Å². The Labute approximate surface area is 62.8 Å². The highest BCUT2D eigenvalue weighted by molar-refractivity contribution is 5.10. The molecule has 0 bridgehead atoms. The van der Waals surface area contributed by atoms with Crippen LogP contribution in [0.25, 0.3) is 0 Å². The Morgan fingerprint density at radius 1 is 0.800 bits per heavy atom. The summed E-state index contributed by atoms with van der Waals surface area (Å²) in [6.07, 6.45) is 4.79. The van der Waals surface area contributed by atoms with Gasteiger partial charge in [0.15, 0.2) is 0 Å². The molecule has 0 aliphatic rings. The number of unbranched alkanes of at least 4 members (excludes halogenated alkanes) is 3. The molecule has 0 atom stereocenters. The molecule has 0 saturated carbocycles. The van der Waals surface area contributed by atoms with Crippen LogP contribution in [-0.2, 0) is 4.79 Å². The highest BCUT2D eigenvalue weighted by Gasteiger charge is 1.83. The Kier molecular flexibility index (Phi) is 19.5. The van der Waals surface area contributed by atoms with Crippen molar-refractivity contribution in [3.05, 3.63) is 0 Å². The van der Waals surface area contributed by atoms with Crippen LogP contribution in [0.1, 0.15) is 25.7 Å². The summed E-state index contributed by atoms with van der Waals surface area (Å²) in [5.74, 6) is 0. The first-order chi connectivity index (χ1) is 4.91. The largest absolute Gasteiger partial charge is 0.330 e. The Morgan fingerprint density at radius 3 is 1.30 bits per heavy atom. The number of carbonyl (C=O) groups excluding carboxylic acids is 1. The molecule has 0 fully saturated rings. The van der Waals surface area contributed by atoms with Gasteiger partial charge in [-0.1, -0.05) is 12.8 Å². The average Bonchev–Trinajstić information content (AvgIpc) is 2.02. The molecule has 10 heavy (non-hydrogen) atoms. The van der Waals surface area contributed by atoms with Crippen molar-refractivity contribution in [3.63, 3.8) is 0 Å². The lowest BCUT2D eigenvalue weighted by molar-refractivity contribution is -0.0979. The summed E-state index contributed by atoms with van der Waals surface area (Å²) < 4.78 is 0. The Bertz CT molecular complexity index is 44.9. The first kappa shape index (κ1) is 12.3. The zero-order valence-corrected chi connectivity index (χ0v) is 6.51. The van der Waals surface area contributed by atoms with Crippen LogP contribution in [0, 0.1) is 0 Å². The van der Waals surface area contributed by atoms with Crippen LogP contribution < -0.4 is 11.5 Å². The van der Waals surface area contributed by atoms with Gasteiger partial charge in [-0.3, -0.25) is 0 Å². The highest BCUT2D eigenvalue weighted by Crippen LogP contribution is 1.95. The summed E-state index contributed by atoms with van der Waals surface area (Å²) in [6, 6.07) is 0. The minimum Gasteiger partial charge on any atom is -0.330 e. The number of rotatable bonds is 5. The van der Waals surface area contributed by atoms with Crippen LogP contribution in [0.2, 0.25) is 0 Å². The Morgan fingerprint density at radius 2 is 1.10 bits per heavy atom. The summed E-state index contributed by atoms with van der Waals surface area (Å²) in [4.78, 5) is 8.00. The number of nitrogens with two attached hydrogens (primary N) is 2. The van der Waals surface area contributed by atoms with Gasteiger partial charge < -0.3 is 16.3 Å². The lowest BCUT2D eigenvalue weighted by Crippen LogP contribution is -2.00. The number of hydrogen-bond donors (Lipinski definition) is 2. The quantitative estimate of drug-likeness (QED) is 0.547. The molecule has 0 rings (SSSR count). The molecule has 4 N–H and O–H groups in total. The molecule has 0 saturated heterocycles. The summed E-state index contributed by atoms with van der Waals surface area (Å²) in [5, 5.41) is 0. The Hall–Kier alpha value is -0.410. The van der Waals surface area contributed by atoms with Gasteiger partial charge in [-0.15, -0.1) is 0 Å². The number of hydrogen-bond acceptors (Lipinski definition) is 3. The van der Waals surface area contributed by atoms with Crippen molar-refractivity contribution < 1.29 is 4.79 Å². The third kappa shape index (κ3) is 15.6. The maximum atomic E-state index is 8.00. The molecule has 3 heteroatoms. The van der Waals surface area contributed by atoms with Gasteiger partial charge in [0, 0.05) is 0 Å². The van der Waals surface area contributed by atoms with Crippen LogP contribution in [0.3, 0.4) is 0 Å². The fourth-order valence-electron chi connectivity index (χ4n) is 0.642. The molecular formula is C7H18N2O. The van der Waals surface area contributed by atoms with Crippen molar-refractivity contribution in [1.82, 2.24) is 0 Å². The zero-order chi connectivity index (χ0) is 8.24. The summed E-state index contributed by atoms with van der Waals surface area (Å²) in [6.45, 7) is 3.65. The topological polar surface area (TPSA) is 69.1 Å². The number of carbonyl (C=O) groups is 1. The molecule has 0 amide bonds. The van der Waals surface area contributed by atoms with Gasteiger partial charge in [0.25, 0.3) is 0 Å². The average molecular weight is 146 g/mol. The van der Waals surface area contributed by atoms with Gasteiger partial charge in [0.1, 0.15) is 6.79 Å². The Balaban J connectivity index is 0. The molecule has 0 aromatic rings. The molecule has 0 aliphatic heterocycles. The van der Waals surface area contributed by atoms with E-state index < -0.39 is 0 Å². The fourth-order valence-corrected chi connectivity index (χ4v) is 0.642. The van der Waals surface area contributed by atoms with E-state index >= 15 is 0 Å². The molecule has 0 radical (unpaired) electrons. The first-order valence-electron chi connectivity index (χ1n) is 3.61. The molecule has 0 aliphatic carbocycles. The third-order valence-electron chi connectivity index (χ3n) is 1.16. The van der Waals surface area contributed by atoms with E-state index in [-0.39, 0.29) is 0 Å². The van der Waals surface area contributed by atoms with E-state index in [4.69, 9.17) is 16.3 Å². The van der Waals surface area contributed by atoms with E-state index in [1.807, 2.05) is 6.79 Å². The highest BCUT2D eigenvalue weighted by atomic mass is 16.1. The van der Waals surface area contributed by atoms with E-state index in [2.05, 4.69) is 0 Å². The molecule has 62 valence electrons. The minimum atomic E-state index is 0.824. The zero-order valence-electron chi connectivity index (χ0n) is 6.51. The maximum absolute atomic E-state index is 8.00. The van der Waals surface area contributed by atoms with Gasteiger partial charge in [-0.2, -0.15) is 0 Å². The summed E-state index contributed by atoms with van der Waals surface area (Å²) in [7, 11) is 0. The van der Waals surface area contributed by atoms with Gasteiger partial charge in [-0.05, 0) is 25.9 Å². The second-order valence-corrected chi connectivity index (χ2v) is 1.99. The van der Waals surface area contributed by atoms with Gasteiger partial charge in [0.2, 0.25) is 0 Å². The molecule has 3 nitrogen and oxygen atoms in total. The van der Waals surface area contributed by atoms with Gasteiger partial charge in [-0.25, -0.2) is 0 Å². The molecular weight excluding hydrogens is 128 g/mol. The first-order valence-corrected chi connectivity index (χ1v) is 3.61. The predicted octanol–water partition coefficient (Wildman–Crippen LogP) is 0.279. The second kappa shape index (κ2) is 15.8. The van der Waals surface area contributed by atoms with Crippen molar-refractivity contribution >= 4 is 6.79 Å². The molecule has 0 heterocycles. The monoisotopic (exact) mass is 146 g/mol. The van der Waals surface area contributed by atoms with E-state index in [1.165, 1.54) is 12.8 Å². The second-order valence-electron chi connectivity index (χ2n) is 1.99. The van der Waals surface area contributed by atoms with Crippen molar-refractivity contribution in [3.8, 4) is 0 Å². The van der Waals surface area contributed by atoms with E-state index in [1.54, 1.807) is 0 Å². The van der Waals surface area contributed by atoms with Crippen LogP contribution in [0.4, 0.5) is 0 Å². The normalized spacial score (nSPS) is 8.20. The standard InChI is InChI=1S/C6H16N2.CH2O/c7-5-3-1-2-4-6-8;1-2/h1-8H2;1H2. The lowest BCUT2D eigenvalue weighted by atomic mass is 10.2. The van der Waals surface area contributed by atoms with Crippen molar-refractivity contribution in [2.45, 2.75) is 25.7 Å². The van der Waals surface area contributed by atoms with Crippen molar-refractivity contribution in [2.75, 3.05) is 13.1 Å². The van der Waals surface area contributed by atoms with Gasteiger partial charge >= 0.3 is 0 Å². The SMILES string of the molecule is C=O.NCCCCCCN. The third-order valence-corrected chi connectivity index (χ3v) is 1.16. The summed E-state index contributed by atoms with van der Waals surface area (Å²) >= 11 is 0. The fraction of sp³-hybridized carbons (Fsp3) is 0.857. The van der Waals surface area contributed by atoms with Gasteiger partial charge in [0.05, 0.1) is 0 Å². The smallest absolute Gasteiger partial charge is 0.106 e. The predicted molar refractivity (Wildman–Crippen MR) is 43.7 cm³/mol. The summed E-state index contributed by atoms with van der Waals surface area (Å²) in [5.41, 5.74) is 10.6. The molecule has 0 aromatic heterocycles. The lowest BCUT2D eigenvalue weighted by Gasteiger charge is -1.94. The van der Waals surface area contributed by atoms with E-state index in [9.17, 15) is 0 Å². The van der Waals surface area contributed by atoms with Crippen LogP contribution in [0.5, 0.6) is 0 Å². The molecule has 0 unspecified atom stereocenters. The maximum Gasteiger partial charge on any atom is 0.106 e. The van der Waals surface area contributed by atoms with Crippen LogP contribution in [0.15, 0.2) is 0 Å². The van der Waals surface area contributed by atoms with Crippen molar-refractivity contribution in [2.24, 2.45) is 11.5 Å². The molecule has 0 spiro atoms. The van der Waals surface area contributed by atoms with E-state index in [0.717, 1.165) is 25.9 Å². The van der Waals surface area contributed by atoms with Crippen molar-refractivity contribution in [1.29, 1.82) is 0 Å².